The highest BCUT2D eigenvalue weighted by Crippen LogP contribution is 2.16. The second kappa shape index (κ2) is 12.7. The lowest BCUT2D eigenvalue weighted by Crippen LogP contribution is -1.91. The van der Waals surface area contributed by atoms with E-state index in [0.717, 1.165) is 11.3 Å². The molecule has 0 aromatic carbocycles. The van der Waals surface area contributed by atoms with Crippen molar-refractivity contribution >= 4 is 16.8 Å². The molecule has 0 fully saturated rings. The van der Waals surface area contributed by atoms with Crippen LogP contribution >= 0.6 is 0 Å². The zero-order valence-corrected chi connectivity index (χ0v) is 22.5. The van der Waals surface area contributed by atoms with Crippen LogP contribution in [-0.2, 0) is 0 Å². The van der Waals surface area contributed by atoms with E-state index in [2.05, 4.69) is 96.7 Å². The summed E-state index contributed by atoms with van der Waals surface area (Å²) < 4.78 is 5.92. The molecule has 0 N–H and O–H groups in total. The van der Waals surface area contributed by atoms with Gasteiger partial charge in [-0.05, 0) is 71.8 Å². The number of aromatic nitrogens is 6. The number of rotatable bonds is 2. The van der Waals surface area contributed by atoms with Crippen molar-refractivity contribution in [2.45, 2.75) is 60.3 Å². The number of imidazole rings is 2. The molecule has 0 unspecified atom stereocenters. The van der Waals surface area contributed by atoms with Gasteiger partial charge in [-0.3, -0.25) is 0 Å². The summed E-state index contributed by atoms with van der Waals surface area (Å²) in [4.78, 5) is 8.32. The normalized spacial score (nSPS) is 10.6. The lowest BCUT2D eigenvalue weighted by Gasteiger charge is -2.04. The van der Waals surface area contributed by atoms with Crippen LogP contribution in [-0.4, -0.2) is 28.4 Å². The van der Waals surface area contributed by atoms with E-state index in [4.69, 9.17) is 0 Å². The van der Waals surface area contributed by atoms with E-state index in [0.29, 0.717) is 11.8 Å². The first-order chi connectivity index (χ1) is 17.4. The molecule has 0 aliphatic carbocycles. The Balaban J connectivity index is 0.000000146. The van der Waals surface area contributed by atoms with Gasteiger partial charge in [-0.2, -0.15) is 5.10 Å². The van der Waals surface area contributed by atoms with Crippen LogP contribution < -0.4 is 0 Å². The van der Waals surface area contributed by atoms with Gasteiger partial charge in [-0.1, -0.05) is 47.6 Å². The van der Waals surface area contributed by atoms with Gasteiger partial charge in [0.25, 0.3) is 0 Å². The van der Waals surface area contributed by atoms with Crippen molar-refractivity contribution in [1.82, 2.24) is 28.4 Å². The molecule has 36 heavy (non-hydrogen) atoms. The molecular weight excluding hydrogens is 444 g/mol. The molecule has 188 valence electrons. The highest BCUT2D eigenvalue weighted by atomic mass is 15.2. The molecule has 6 rings (SSSR count). The van der Waals surface area contributed by atoms with Crippen molar-refractivity contribution in [3.63, 3.8) is 0 Å². The molecule has 0 spiro atoms. The highest BCUT2D eigenvalue weighted by Gasteiger charge is 2.00. The molecule has 0 atom stereocenters. The number of fused-ring (bicyclic) bond motifs is 3. The van der Waals surface area contributed by atoms with Gasteiger partial charge in [-0.25, -0.2) is 14.5 Å². The molecule has 0 aliphatic heterocycles. The first kappa shape index (κ1) is 26.7. The van der Waals surface area contributed by atoms with Crippen LogP contribution in [0.3, 0.4) is 0 Å². The number of nitrogens with zero attached hydrogens (tertiary/aromatic N) is 6. The van der Waals surface area contributed by atoms with Crippen LogP contribution in [0.15, 0.2) is 92.0 Å². The van der Waals surface area contributed by atoms with Gasteiger partial charge in [0.1, 0.15) is 11.3 Å². The van der Waals surface area contributed by atoms with Crippen LogP contribution in [0.25, 0.3) is 16.8 Å². The second-order valence-corrected chi connectivity index (χ2v) is 9.02. The molecule has 6 nitrogen and oxygen atoms in total. The lowest BCUT2D eigenvalue weighted by atomic mass is 10.1. The maximum Gasteiger partial charge on any atom is 0.136 e. The second-order valence-electron chi connectivity index (χ2n) is 9.02. The molecule has 0 saturated heterocycles. The van der Waals surface area contributed by atoms with E-state index in [1.54, 1.807) is 6.20 Å². The van der Waals surface area contributed by atoms with Crippen LogP contribution in [0.1, 0.15) is 70.1 Å². The van der Waals surface area contributed by atoms with E-state index in [1.807, 2.05) is 66.0 Å². The predicted octanol–water partition coefficient (Wildman–Crippen LogP) is 7.58. The summed E-state index contributed by atoms with van der Waals surface area (Å²) in [7, 11) is 0. The van der Waals surface area contributed by atoms with Crippen molar-refractivity contribution in [2.24, 2.45) is 0 Å². The fraction of sp³-hybridized carbons (Fsp3) is 0.300. The first-order valence-electron chi connectivity index (χ1n) is 12.7. The van der Waals surface area contributed by atoms with Crippen molar-refractivity contribution in [1.29, 1.82) is 0 Å². The van der Waals surface area contributed by atoms with Crippen molar-refractivity contribution in [2.75, 3.05) is 0 Å². The minimum Gasteiger partial charge on any atom is -0.307 e. The maximum absolute atomic E-state index is 4.18. The molecule has 0 radical (unpaired) electrons. The minimum atomic E-state index is 0.580. The highest BCUT2D eigenvalue weighted by molar-refractivity contribution is 5.48. The summed E-state index contributed by atoms with van der Waals surface area (Å²) in [6, 6.07) is 14.6. The molecule has 6 aromatic heterocycles. The van der Waals surface area contributed by atoms with Gasteiger partial charge in [0.15, 0.2) is 0 Å². The average Bonchev–Trinajstić information content (AvgIpc) is 3.65. The molecule has 0 bridgehead atoms. The quantitative estimate of drug-likeness (QED) is 0.255. The van der Waals surface area contributed by atoms with Gasteiger partial charge in [-0.15, -0.1) is 0 Å². The Morgan fingerprint density at radius 3 is 2.06 bits per heavy atom. The summed E-state index contributed by atoms with van der Waals surface area (Å²) in [6.07, 6.45) is 15.5. The molecule has 0 aliphatic rings. The molecule has 6 heteroatoms. The van der Waals surface area contributed by atoms with Gasteiger partial charge >= 0.3 is 0 Å². The Kier molecular flexibility index (Phi) is 9.39. The molecular formula is C30H38N6. The fourth-order valence-corrected chi connectivity index (χ4v) is 3.59. The first-order valence-corrected chi connectivity index (χ1v) is 12.7. The topological polar surface area (TPSA) is 51.9 Å². The zero-order valence-electron chi connectivity index (χ0n) is 22.5. The largest absolute Gasteiger partial charge is 0.307 e. The maximum atomic E-state index is 4.18. The van der Waals surface area contributed by atoms with Crippen LogP contribution in [0.5, 0.6) is 0 Å². The number of aryl methyl sites for hydroxylation is 1. The summed E-state index contributed by atoms with van der Waals surface area (Å²) in [6.45, 7) is 14.8. The van der Waals surface area contributed by atoms with Crippen molar-refractivity contribution in [3.8, 4) is 0 Å². The summed E-state index contributed by atoms with van der Waals surface area (Å²) in [5.74, 6) is 1.17. The summed E-state index contributed by atoms with van der Waals surface area (Å²) in [5, 5.41) is 4.14. The summed E-state index contributed by atoms with van der Waals surface area (Å²) >= 11 is 0. The van der Waals surface area contributed by atoms with E-state index in [1.165, 1.54) is 22.2 Å². The molecule has 0 saturated carbocycles. The fourth-order valence-electron chi connectivity index (χ4n) is 3.59. The Hall–Kier alpha value is -3.93. The molecule has 6 heterocycles. The third-order valence-electron chi connectivity index (χ3n) is 5.72. The predicted molar refractivity (Wildman–Crippen MR) is 150 cm³/mol. The van der Waals surface area contributed by atoms with Crippen molar-refractivity contribution < 1.29 is 0 Å². The van der Waals surface area contributed by atoms with E-state index in [9.17, 15) is 0 Å². The smallest absolute Gasteiger partial charge is 0.136 e. The van der Waals surface area contributed by atoms with Crippen LogP contribution in [0.4, 0.5) is 0 Å². The Labute approximate surface area is 214 Å². The zero-order chi connectivity index (χ0) is 26.1. The number of hydrogen-bond acceptors (Lipinski definition) is 3. The SMILES string of the molecule is CC.CC(C)c1ccc2nccn2c1.CC(C)c1ccn2nccc2c1.Cc1ccn2ccnc2c1. The average molecular weight is 483 g/mol. The van der Waals surface area contributed by atoms with Gasteiger partial charge < -0.3 is 8.80 Å². The Bertz CT molecular complexity index is 1410. The lowest BCUT2D eigenvalue weighted by molar-refractivity contribution is 0.854. The minimum absolute atomic E-state index is 0.580. The molecule has 0 amide bonds. The summed E-state index contributed by atoms with van der Waals surface area (Å²) in [5.41, 5.74) is 7.16. The number of pyridine rings is 3. The van der Waals surface area contributed by atoms with E-state index >= 15 is 0 Å². The third kappa shape index (κ3) is 6.81. The number of hydrogen-bond donors (Lipinski definition) is 0. The van der Waals surface area contributed by atoms with Crippen LogP contribution in [0.2, 0.25) is 0 Å². The van der Waals surface area contributed by atoms with Gasteiger partial charge in [0.05, 0.1) is 5.52 Å². The Morgan fingerprint density at radius 1 is 0.639 bits per heavy atom. The Morgan fingerprint density at radius 2 is 1.33 bits per heavy atom. The van der Waals surface area contributed by atoms with E-state index < -0.39 is 0 Å². The monoisotopic (exact) mass is 482 g/mol. The molecule has 6 aromatic rings. The van der Waals surface area contributed by atoms with Crippen molar-refractivity contribution in [3.05, 3.63) is 109 Å². The van der Waals surface area contributed by atoms with Gasteiger partial charge in [0.2, 0.25) is 0 Å². The van der Waals surface area contributed by atoms with Crippen LogP contribution in [0, 0.1) is 6.92 Å². The standard InChI is InChI=1S/2C10H12N2.C8H8N2.C2H6/c1-8(2)9-4-6-12-10(7-9)3-5-11-12;1-8(2)9-3-4-10-11-5-6-12(10)7-9;1-7-2-4-10-5-3-9-8(10)6-7;1-2/h2*3-8H,1-2H3;2-6H,1H3;1-2H3. The third-order valence-corrected chi connectivity index (χ3v) is 5.72. The van der Waals surface area contributed by atoms with E-state index in [-0.39, 0.29) is 0 Å². The van der Waals surface area contributed by atoms with Gasteiger partial charge in [0, 0.05) is 49.6 Å².